The molecule has 7 nitrogen and oxygen atoms in total. The number of esters is 1. The number of terminal acetylenes is 1. The van der Waals surface area contributed by atoms with Gasteiger partial charge in [0, 0.05) is 13.1 Å². The van der Waals surface area contributed by atoms with Gasteiger partial charge in [0.05, 0.1) is 6.61 Å². The smallest absolute Gasteiger partial charge is 0.411 e. The van der Waals surface area contributed by atoms with Crippen LogP contribution < -0.4 is 0 Å². The average molecular weight is 322 g/mol. The Hall–Kier alpha value is -2.23. The van der Waals surface area contributed by atoms with E-state index in [4.69, 9.17) is 15.9 Å². The van der Waals surface area contributed by atoms with Crippen molar-refractivity contribution < 1.29 is 23.9 Å². The Kier molecular flexibility index (Phi) is 5.85. The topological polar surface area (TPSA) is 76.2 Å². The van der Waals surface area contributed by atoms with Crippen LogP contribution >= 0.6 is 0 Å². The fraction of sp³-hybridized carbons (Fsp3) is 0.688. The predicted molar refractivity (Wildman–Crippen MR) is 81.3 cm³/mol. The quantitative estimate of drug-likeness (QED) is 0.564. The largest absolute Gasteiger partial charge is 0.464 e. The first-order valence-corrected chi connectivity index (χ1v) is 7.94. The first-order chi connectivity index (χ1) is 11.1. The maximum Gasteiger partial charge on any atom is 0.411 e. The van der Waals surface area contributed by atoms with Gasteiger partial charge in [0.2, 0.25) is 5.91 Å². The van der Waals surface area contributed by atoms with Crippen molar-refractivity contribution in [1.29, 1.82) is 0 Å². The molecule has 0 aromatic carbocycles. The zero-order valence-corrected chi connectivity index (χ0v) is 13.3. The molecule has 2 heterocycles. The number of nitrogens with zero attached hydrogens (tertiary/aromatic N) is 2. The number of carbonyl (C=O) groups is 3. The van der Waals surface area contributed by atoms with Crippen LogP contribution in [-0.4, -0.2) is 66.2 Å². The fourth-order valence-electron chi connectivity index (χ4n) is 3.13. The average Bonchev–Trinajstić information content (AvgIpc) is 3.20. The summed E-state index contributed by atoms with van der Waals surface area (Å²) in [5.74, 6) is 1.64. The fourth-order valence-corrected chi connectivity index (χ4v) is 3.13. The monoisotopic (exact) mass is 322 g/mol. The molecular formula is C16H22N2O5. The minimum Gasteiger partial charge on any atom is -0.464 e. The highest BCUT2D eigenvalue weighted by molar-refractivity contribution is 5.90. The van der Waals surface area contributed by atoms with Gasteiger partial charge in [-0.15, -0.1) is 6.42 Å². The van der Waals surface area contributed by atoms with Crippen molar-refractivity contribution in [2.45, 2.75) is 44.7 Å². The first-order valence-electron chi connectivity index (χ1n) is 7.94. The molecule has 0 aliphatic carbocycles. The van der Waals surface area contributed by atoms with Crippen molar-refractivity contribution in [2.75, 3.05) is 26.3 Å². The lowest BCUT2D eigenvalue weighted by Gasteiger charge is -2.29. The number of rotatable bonds is 4. The molecule has 0 aromatic heterocycles. The summed E-state index contributed by atoms with van der Waals surface area (Å²) in [6, 6.07) is -1.14. The molecule has 2 saturated heterocycles. The molecule has 2 unspecified atom stereocenters. The van der Waals surface area contributed by atoms with Gasteiger partial charge in [-0.05, 0) is 32.6 Å². The van der Waals surface area contributed by atoms with Gasteiger partial charge >= 0.3 is 12.1 Å². The van der Waals surface area contributed by atoms with Gasteiger partial charge in [0.1, 0.15) is 12.1 Å². The Morgan fingerprint density at radius 1 is 1.09 bits per heavy atom. The summed E-state index contributed by atoms with van der Waals surface area (Å²) in [4.78, 5) is 39.7. The van der Waals surface area contributed by atoms with E-state index >= 15 is 0 Å². The molecule has 0 bridgehead atoms. The molecule has 126 valence electrons. The number of amides is 2. The zero-order chi connectivity index (χ0) is 16.8. The van der Waals surface area contributed by atoms with Crippen LogP contribution in [0.5, 0.6) is 0 Å². The molecule has 23 heavy (non-hydrogen) atoms. The van der Waals surface area contributed by atoms with Crippen molar-refractivity contribution >= 4 is 18.0 Å². The van der Waals surface area contributed by atoms with E-state index in [2.05, 4.69) is 5.92 Å². The lowest BCUT2D eigenvalue weighted by atomic mass is 10.1. The highest BCUT2D eigenvalue weighted by Crippen LogP contribution is 2.25. The maximum absolute atomic E-state index is 12.8. The van der Waals surface area contributed by atoms with Gasteiger partial charge in [-0.3, -0.25) is 9.69 Å². The molecule has 0 radical (unpaired) electrons. The number of hydrogen-bond acceptors (Lipinski definition) is 5. The van der Waals surface area contributed by atoms with Crippen molar-refractivity contribution in [2.24, 2.45) is 0 Å². The summed E-state index contributed by atoms with van der Waals surface area (Å²) < 4.78 is 9.96. The van der Waals surface area contributed by atoms with Gasteiger partial charge in [0.15, 0.2) is 6.61 Å². The molecule has 2 rings (SSSR count). The van der Waals surface area contributed by atoms with E-state index < -0.39 is 18.2 Å². The summed E-state index contributed by atoms with van der Waals surface area (Å²) in [7, 11) is 0. The Morgan fingerprint density at radius 3 is 2.39 bits per heavy atom. The Balaban J connectivity index is 2.04. The SMILES string of the molecule is C#CCOC(=O)N1CCCC1C(=O)N1CCCC1C(=O)OCC. The van der Waals surface area contributed by atoms with Crippen LogP contribution in [0.1, 0.15) is 32.6 Å². The molecule has 2 aliphatic heterocycles. The minimum absolute atomic E-state index is 0.120. The summed E-state index contributed by atoms with van der Waals surface area (Å²) in [6.07, 6.45) is 7.14. The predicted octanol–water partition coefficient (Wildman–Crippen LogP) is 0.775. The Labute approximate surface area is 135 Å². The van der Waals surface area contributed by atoms with Crippen LogP contribution in [0.3, 0.4) is 0 Å². The third-order valence-corrected chi connectivity index (χ3v) is 4.15. The summed E-state index contributed by atoms with van der Waals surface area (Å²) in [6.45, 7) is 2.86. The third-order valence-electron chi connectivity index (χ3n) is 4.15. The molecule has 7 heteroatoms. The van der Waals surface area contributed by atoms with Gasteiger partial charge in [0.25, 0.3) is 0 Å². The van der Waals surface area contributed by atoms with Crippen LogP contribution in [0.15, 0.2) is 0 Å². The van der Waals surface area contributed by atoms with Crippen LogP contribution in [-0.2, 0) is 19.1 Å². The van der Waals surface area contributed by atoms with E-state index in [0.717, 1.165) is 12.8 Å². The van der Waals surface area contributed by atoms with Crippen molar-refractivity contribution in [1.82, 2.24) is 9.80 Å². The van der Waals surface area contributed by atoms with Crippen molar-refractivity contribution in [3.8, 4) is 12.3 Å². The molecule has 0 N–H and O–H groups in total. The van der Waals surface area contributed by atoms with E-state index in [1.807, 2.05) is 0 Å². The van der Waals surface area contributed by atoms with E-state index in [1.165, 1.54) is 9.80 Å². The Bertz CT molecular complexity index is 513. The number of likely N-dealkylation sites (tertiary alicyclic amines) is 2. The summed E-state index contributed by atoms with van der Waals surface area (Å²) >= 11 is 0. The summed E-state index contributed by atoms with van der Waals surface area (Å²) in [5, 5.41) is 0. The van der Waals surface area contributed by atoms with Crippen LogP contribution in [0.4, 0.5) is 4.79 Å². The van der Waals surface area contributed by atoms with Crippen LogP contribution in [0, 0.1) is 12.3 Å². The molecule has 0 aromatic rings. The number of carbonyl (C=O) groups excluding carboxylic acids is 3. The lowest BCUT2D eigenvalue weighted by molar-refractivity contribution is -0.154. The third kappa shape index (κ3) is 3.76. The van der Waals surface area contributed by atoms with Gasteiger partial charge in [-0.1, -0.05) is 5.92 Å². The summed E-state index contributed by atoms with van der Waals surface area (Å²) in [5.41, 5.74) is 0. The molecule has 2 fully saturated rings. The van der Waals surface area contributed by atoms with E-state index in [9.17, 15) is 14.4 Å². The second-order valence-corrected chi connectivity index (χ2v) is 5.55. The first kappa shape index (κ1) is 17.1. The van der Waals surface area contributed by atoms with E-state index in [0.29, 0.717) is 25.9 Å². The van der Waals surface area contributed by atoms with Gasteiger partial charge in [-0.25, -0.2) is 9.59 Å². The second-order valence-electron chi connectivity index (χ2n) is 5.55. The highest BCUT2D eigenvalue weighted by atomic mass is 16.6. The second kappa shape index (κ2) is 7.86. The minimum atomic E-state index is -0.588. The van der Waals surface area contributed by atoms with E-state index in [-0.39, 0.29) is 25.1 Å². The van der Waals surface area contributed by atoms with Crippen molar-refractivity contribution in [3.05, 3.63) is 0 Å². The maximum atomic E-state index is 12.8. The van der Waals surface area contributed by atoms with Crippen LogP contribution in [0.25, 0.3) is 0 Å². The molecule has 0 spiro atoms. The number of hydrogen-bond donors (Lipinski definition) is 0. The molecule has 2 atom stereocenters. The van der Waals surface area contributed by atoms with Gasteiger partial charge in [-0.2, -0.15) is 0 Å². The standard InChI is InChI=1S/C16H22N2O5/c1-3-11-23-16(21)18-10-5-7-12(18)14(19)17-9-6-8-13(17)15(20)22-4-2/h1,12-13H,4-11H2,2H3. The van der Waals surface area contributed by atoms with E-state index in [1.54, 1.807) is 6.92 Å². The molecule has 2 amide bonds. The highest BCUT2D eigenvalue weighted by Gasteiger charge is 2.42. The number of ether oxygens (including phenoxy) is 2. The molecular weight excluding hydrogens is 300 g/mol. The Morgan fingerprint density at radius 2 is 1.74 bits per heavy atom. The van der Waals surface area contributed by atoms with Gasteiger partial charge < -0.3 is 14.4 Å². The zero-order valence-electron chi connectivity index (χ0n) is 13.3. The lowest BCUT2D eigenvalue weighted by Crippen LogP contribution is -2.51. The molecule has 0 saturated carbocycles. The molecule has 2 aliphatic rings. The normalized spacial score (nSPS) is 23.5. The van der Waals surface area contributed by atoms with Crippen molar-refractivity contribution in [3.63, 3.8) is 0 Å². The van der Waals surface area contributed by atoms with Crippen LogP contribution in [0.2, 0.25) is 0 Å².